The predicted molar refractivity (Wildman–Crippen MR) is 176 cm³/mol. The van der Waals surface area contributed by atoms with Gasteiger partial charge >= 0.3 is 5.97 Å². The molecule has 4 rings (SSSR count). The first kappa shape index (κ1) is 34.2. The highest BCUT2D eigenvalue weighted by atomic mass is 16.4. The molecule has 0 spiro atoms. The summed E-state index contributed by atoms with van der Waals surface area (Å²) in [7, 11) is 0. The summed E-state index contributed by atoms with van der Waals surface area (Å²) in [5.41, 5.74) is 5.78. The zero-order chi connectivity index (χ0) is 31.5. The van der Waals surface area contributed by atoms with E-state index in [1.165, 1.54) is 57.8 Å². The van der Waals surface area contributed by atoms with Gasteiger partial charge in [0.05, 0.1) is 6.54 Å². The number of nitrogen functional groups attached to an aromatic ring is 1. The fourth-order valence-corrected chi connectivity index (χ4v) is 6.81. The second-order valence-corrected chi connectivity index (χ2v) is 14.1. The molecule has 12 nitrogen and oxygen atoms in total. The Hall–Kier alpha value is -2.70. The Kier molecular flexibility index (Phi) is 12.9. The van der Waals surface area contributed by atoms with E-state index in [1.807, 2.05) is 25.7 Å². The fourth-order valence-electron chi connectivity index (χ4n) is 6.81. The molecule has 1 aromatic rings. The van der Waals surface area contributed by atoms with E-state index >= 15 is 0 Å². The summed E-state index contributed by atoms with van der Waals surface area (Å²) in [4.78, 5) is 37.6. The maximum absolute atomic E-state index is 13.1. The normalized spacial score (nSPS) is 23.8. The minimum Gasteiger partial charge on any atom is -0.480 e. The van der Waals surface area contributed by atoms with Crippen molar-refractivity contribution in [2.24, 2.45) is 5.92 Å². The second kappa shape index (κ2) is 16.6. The number of aromatic nitrogens is 2. The average molecular weight is 616 g/mol. The van der Waals surface area contributed by atoms with Gasteiger partial charge in [-0.3, -0.25) is 14.5 Å². The Labute approximate surface area is 263 Å². The number of nitrogens with one attached hydrogen (secondary N) is 4. The van der Waals surface area contributed by atoms with Crippen molar-refractivity contribution in [2.75, 3.05) is 61.8 Å². The van der Waals surface area contributed by atoms with Gasteiger partial charge in [0.25, 0.3) is 0 Å². The van der Waals surface area contributed by atoms with Crippen molar-refractivity contribution < 1.29 is 14.7 Å². The number of carbonyl (C=O) groups excluding carboxylic acids is 1. The third kappa shape index (κ3) is 11.3. The highest BCUT2D eigenvalue weighted by molar-refractivity contribution is 5.84. The monoisotopic (exact) mass is 615 g/mol. The molecule has 3 fully saturated rings. The van der Waals surface area contributed by atoms with E-state index in [0.717, 1.165) is 44.4 Å². The molecule has 0 aromatic carbocycles. The van der Waals surface area contributed by atoms with Gasteiger partial charge in [-0.1, -0.05) is 19.3 Å². The van der Waals surface area contributed by atoms with E-state index in [0.29, 0.717) is 43.3 Å². The Morgan fingerprint density at radius 2 is 1.73 bits per heavy atom. The highest BCUT2D eigenvalue weighted by Gasteiger charge is 2.35. The molecule has 1 saturated heterocycles. The van der Waals surface area contributed by atoms with E-state index < -0.39 is 17.6 Å². The van der Waals surface area contributed by atoms with Crippen LogP contribution in [0.3, 0.4) is 0 Å². The molecule has 1 unspecified atom stereocenters. The van der Waals surface area contributed by atoms with Gasteiger partial charge in [-0.2, -0.15) is 9.97 Å². The lowest BCUT2D eigenvalue weighted by molar-refractivity contribution is -0.140. The predicted octanol–water partition coefficient (Wildman–Crippen LogP) is 2.81. The van der Waals surface area contributed by atoms with Crippen molar-refractivity contribution in [1.29, 1.82) is 0 Å². The van der Waals surface area contributed by atoms with E-state index in [1.54, 1.807) is 11.0 Å². The number of hydrogen-bond donors (Lipinski definition) is 6. The number of carbonyl (C=O) groups is 2. The molecular weight excluding hydrogens is 558 g/mol. The average Bonchev–Trinajstić information content (AvgIpc) is 2.97. The van der Waals surface area contributed by atoms with Crippen LogP contribution >= 0.6 is 0 Å². The number of nitrogens with two attached hydrogens (primary N) is 1. The molecule has 1 aliphatic heterocycles. The molecular formula is C32H57N9O3. The molecule has 2 aliphatic carbocycles. The molecule has 2 saturated carbocycles. The zero-order valence-electron chi connectivity index (χ0n) is 27.2. The van der Waals surface area contributed by atoms with Crippen LogP contribution in [0.1, 0.15) is 91.4 Å². The van der Waals surface area contributed by atoms with Crippen LogP contribution in [0.15, 0.2) is 6.07 Å². The Morgan fingerprint density at radius 1 is 0.977 bits per heavy atom. The van der Waals surface area contributed by atoms with Crippen LogP contribution in [-0.4, -0.2) is 101 Å². The molecule has 1 aromatic heterocycles. The van der Waals surface area contributed by atoms with Gasteiger partial charge < -0.3 is 37.0 Å². The molecule has 3 aliphatic rings. The summed E-state index contributed by atoms with van der Waals surface area (Å²) in [6.45, 7) is 10.1. The Bertz CT molecular complexity index is 1050. The number of aliphatic carboxylic acids is 1. The molecule has 12 heteroatoms. The number of piperazine rings is 1. The fraction of sp³-hybridized carbons (Fsp3) is 0.812. The summed E-state index contributed by atoms with van der Waals surface area (Å²) in [5, 5.41) is 23.3. The van der Waals surface area contributed by atoms with Crippen LogP contribution in [0, 0.1) is 5.92 Å². The van der Waals surface area contributed by atoms with Gasteiger partial charge in [0.15, 0.2) is 0 Å². The van der Waals surface area contributed by atoms with E-state index in [4.69, 9.17) is 10.7 Å². The lowest BCUT2D eigenvalue weighted by atomic mass is 9.84. The Morgan fingerprint density at radius 3 is 2.43 bits per heavy atom. The van der Waals surface area contributed by atoms with Crippen LogP contribution in [0.5, 0.6) is 0 Å². The lowest BCUT2D eigenvalue weighted by Gasteiger charge is -2.41. The smallest absolute Gasteiger partial charge is 0.317 e. The van der Waals surface area contributed by atoms with Gasteiger partial charge in [0, 0.05) is 43.3 Å². The van der Waals surface area contributed by atoms with E-state index in [9.17, 15) is 14.7 Å². The summed E-state index contributed by atoms with van der Waals surface area (Å²) in [5.74, 6) is 1.13. The third-order valence-electron chi connectivity index (χ3n) is 9.16. The minimum absolute atomic E-state index is 0.189. The number of carboxylic acids is 1. The number of nitrogens with zero attached hydrogens (tertiary/aromatic N) is 4. The van der Waals surface area contributed by atoms with Gasteiger partial charge in [0.1, 0.15) is 17.7 Å². The first-order valence-corrected chi connectivity index (χ1v) is 16.9. The molecule has 1 amide bonds. The summed E-state index contributed by atoms with van der Waals surface area (Å²) >= 11 is 0. The van der Waals surface area contributed by atoms with Gasteiger partial charge in [-0.15, -0.1) is 0 Å². The van der Waals surface area contributed by atoms with Crippen LogP contribution in [0.25, 0.3) is 0 Å². The number of carboxylic acid groups (broad SMARTS) is 1. The second-order valence-electron chi connectivity index (χ2n) is 14.1. The number of anilines is 3. The van der Waals surface area contributed by atoms with Crippen molar-refractivity contribution in [1.82, 2.24) is 30.8 Å². The summed E-state index contributed by atoms with van der Waals surface area (Å²) in [6.07, 6.45) is 13.8. The topological polar surface area (TPSA) is 161 Å². The molecule has 1 atom stereocenters. The van der Waals surface area contributed by atoms with Crippen molar-refractivity contribution >= 4 is 29.5 Å². The zero-order valence-corrected chi connectivity index (χ0v) is 27.2. The SMILES string of the molecule is CC(C)(C)NC(=O)C1CN(c2cc(N)nc(NC3CCC(CCNCCCNC4CCCCC4)CC3)n2)CCN1CC(=O)O. The summed E-state index contributed by atoms with van der Waals surface area (Å²) < 4.78 is 0. The first-order chi connectivity index (χ1) is 21.1. The van der Waals surface area contributed by atoms with Crippen molar-refractivity contribution in [3.05, 3.63) is 6.07 Å². The largest absolute Gasteiger partial charge is 0.480 e. The standard InChI is InChI=1S/C32H57N9O3/c1-32(2,3)39-30(44)26-21-41(19-18-40(26)22-29(42)43)28-20-27(33)37-31(38-28)36-25-12-10-23(11-13-25)14-17-34-15-7-16-35-24-8-5-4-6-9-24/h20,23-26,34-35H,4-19,21-22H2,1-3H3,(H,39,44)(H,42,43)(H3,33,36,37,38). The first-order valence-electron chi connectivity index (χ1n) is 16.9. The highest BCUT2D eigenvalue weighted by Crippen LogP contribution is 2.29. The van der Waals surface area contributed by atoms with Gasteiger partial charge in [-0.05, 0) is 97.7 Å². The van der Waals surface area contributed by atoms with Gasteiger partial charge in [0.2, 0.25) is 11.9 Å². The van der Waals surface area contributed by atoms with Crippen LogP contribution in [0.2, 0.25) is 0 Å². The molecule has 0 bridgehead atoms. The van der Waals surface area contributed by atoms with Crippen LogP contribution in [-0.2, 0) is 9.59 Å². The lowest BCUT2D eigenvalue weighted by Crippen LogP contribution is -2.62. The van der Waals surface area contributed by atoms with Gasteiger partial charge in [-0.25, -0.2) is 0 Å². The molecule has 44 heavy (non-hydrogen) atoms. The Balaban J connectivity index is 1.20. The van der Waals surface area contributed by atoms with E-state index in [2.05, 4.69) is 26.3 Å². The van der Waals surface area contributed by atoms with Crippen molar-refractivity contribution in [3.8, 4) is 0 Å². The number of hydrogen-bond acceptors (Lipinski definition) is 10. The van der Waals surface area contributed by atoms with E-state index in [-0.39, 0.29) is 12.5 Å². The number of amides is 1. The molecule has 0 radical (unpaired) electrons. The molecule has 2 heterocycles. The van der Waals surface area contributed by atoms with Crippen molar-refractivity contribution in [3.63, 3.8) is 0 Å². The number of rotatable bonds is 14. The van der Waals surface area contributed by atoms with Crippen molar-refractivity contribution in [2.45, 2.75) is 115 Å². The molecule has 7 N–H and O–H groups in total. The molecule has 248 valence electrons. The maximum Gasteiger partial charge on any atom is 0.317 e. The maximum atomic E-state index is 13.1. The van der Waals surface area contributed by atoms with Crippen LogP contribution in [0.4, 0.5) is 17.6 Å². The van der Waals surface area contributed by atoms with Crippen LogP contribution < -0.4 is 31.9 Å². The quantitative estimate of drug-likeness (QED) is 0.171. The minimum atomic E-state index is -0.951. The summed E-state index contributed by atoms with van der Waals surface area (Å²) in [6, 6.07) is 2.16. The third-order valence-corrected chi connectivity index (χ3v) is 9.16.